The van der Waals surface area contributed by atoms with Gasteiger partial charge in [0.1, 0.15) is 12.6 Å². The smallest absolute Gasteiger partial charge is 0.411 e. The number of ether oxygens (including phenoxy) is 1. The van der Waals surface area contributed by atoms with Crippen molar-refractivity contribution in [3.05, 3.63) is 71.8 Å². The van der Waals surface area contributed by atoms with Crippen molar-refractivity contribution in [3.8, 4) is 0 Å². The molecule has 1 heterocycles. The summed E-state index contributed by atoms with van der Waals surface area (Å²) in [7, 11) is 0. The van der Waals surface area contributed by atoms with Crippen LogP contribution < -0.4 is 5.32 Å². The molecule has 1 aliphatic heterocycles. The van der Waals surface area contributed by atoms with E-state index in [1.807, 2.05) is 30.3 Å². The fourth-order valence-electron chi connectivity index (χ4n) is 3.03. The van der Waals surface area contributed by atoms with Gasteiger partial charge in [0.15, 0.2) is 0 Å². The van der Waals surface area contributed by atoms with Gasteiger partial charge < -0.3 is 10.1 Å². The number of halogens is 3. The van der Waals surface area contributed by atoms with E-state index in [1.54, 1.807) is 30.3 Å². The van der Waals surface area contributed by atoms with Crippen LogP contribution in [0.3, 0.4) is 0 Å². The molecule has 0 bridgehead atoms. The van der Waals surface area contributed by atoms with Crippen molar-refractivity contribution in [2.45, 2.75) is 24.8 Å². The van der Waals surface area contributed by atoms with Crippen LogP contribution in [0.2, 0.25) is 0 Å². The summed E-state index contributed by atoms with van der Waals surface area (Å²) in [6, 6.07) is 15.0. The van der Waals surface area contributed by atoms with E-state index in [0.29, 0.717) is 5.56 Å². The maximum absolute atomic E-state index is 13.7. The van der Waals surface area contributed by atoms with Crippen molar-refractivity contribution in [2.24, 2.45) is 0 Å². The molecule has 1 amide bonds. The molecular weight excluding hydrogens is 345 g/mol. The first-order valence-electron chi connectivity index (χ1n) is 8.28. The maximum Gasteiger partial charge on any atom is 0.411 e. The van der Waals surface area contributed by atoms with Gasteiger partial charge in [0.05, 0.1) is 6.04 Å². The Morgan fingerprint density at radius 2 is 1.69 bits per heavy atom. The van der Waals surface area contributed by atoms with Gasteiger partial charge in [0, 0.05) is 13.1 Å². The highest BCUT2D eigenvalue weighted by molar-refractivity contribution is 5.71. The molecule has 2 aromatic carbocycles. The Kier molecular flexibility index (Phi) is 5.46. The van der Waals surface area contributed by atoms with Gasteiger partial charge in [-0.1, -0.05) is 60.7 Å². The Bertz CT molecular complexity index is 723. The van der Waals surface area contributed by atoms with Gasteiger partial charge in [-0.15, -0.1) is 0 Å². The molecule has 0 unspecified atom stereocenters. The van der Waals surface area contributed by atoms with E-state index < -0.39 is 30.9 Å². The molecule has 138 valence electrons. The Balaban J connectivity index is 1.76. The SMILES string of the molecule is O=C1OC[C@H](c2ccccc2)N1[C@H](CNCc1ccccc1)C(F)(F)F. The van der Waals surface area contributed by atoms with Gasteiger partial charge in [-0.25, -0.2) is 4.79 Å². The predicted molar refractivity (Wildman–Crippen MR) is 90.4 cm³/mol. The number of alkyl halides is 3. The topological polar surface area (TPSA) is 41.6 Å². The molecule has 2 atom stereocenters. The fourth-order valence-corrected chi connectivity index (χ4v) is 3.03. The van der Waals surface area contributed by atoms with Gasteiger partial charge in [-0.3, -0.25) is 4.90 Å². The van der Waals surface area contributed by atoms with E-state index >= 15 is 0 Å². The lowest BCUT2D eigenvalue weighted by Crippen LogP contribution is -2.52. The molecule has 0 aromatic heterocycles. The molecule has 1 aliphatic rings. The predicted octanol–water partition coefficient (Wildman–Crippen LogP) is 3.90. The molecule has 1 fully saturated rings. The number of nitrogens with zero attached hydrogens (tertiary/aromatic N) is 1. The van der Waals surface area contributed by atoms with Crippen molar-refractivity contribution in [3.63, 3.8) is 0 Å². The van der Waals surface area contributed by atoms with Crippen molar-refractivity contribution >= 4 is 6.09 Å². The average Bonchev–Trinajstić information content (AvgIpc) is 3.00. The number of nitrogens with one attached hydrogen (secondary N) is 1. The molecule has 0 radical (unpaired) electrons. The monoisotopic (exact) mass is 364 g/mol. The van der Waals surface area contributed by atoms with Gasteiger partial charge in [-0.2, -0.15) is 13.2 Å². The lowest BCUT2D eigenvalue weighted by Gasteiger charge is -2.32. The zero-order chi connectivity index (χ0) is 18.6. The number of hydrogen-bond donors (Lipinski definition) is 1. The Hall–Kier alpha value is -2.54. The Labute approximate surface area is 149 Å². The Morgan fingerprint density at radius 1 is 1.08 bits per heavy atom. The summed E-state index contributed by atoms with van der Waals surface area (Å²) in [5.41, 5.74) is 1.49. The van der Waals surface area contributed by atoms with Gasteiger partial charge in [0.2, 0.25) is 0 Å². The van der Waals surface area contributed by atoms with E-state index in [9.17, 15) is 18.0 Å². The fraction of sp³-hybridized carbons (Fsp3) is 0.316. The molecule has 0 saturated carbocycles. The minimum atomic E-state index is -4.57. The van der Waals surface area contributed by atoms with Crippen molar-refractivity contribution < 1.29 is 22.7 Å². The van der Waals surface area contributed by atoms with Crippen molar-refractivity contribution in [2.75, 3.05) is 13.2 Å². The largest absolute Gasteiger partial charge is 0.447 e. The number of carbonyl (C=O) groups excluding carboxylic acids is 1. The summed E-state index contributed by atoms with van der Waals surface area (Å²) >= 11 is 0. The summed E-state index contributed by atoms with van der Waals surface area (Å²) < 4.78 is 45.9. The van der Waals surface area contributed by atoms with Crippen LogP contribution in [0.15, 0.2) is 60.7 Å². The zero-order valence-corrected chi connectivity index (χ0v) is 13.9. The highest BCUT2D eigenvalue weighted by Gasteiger charge is 2.51. The van der Waals surface area contributed by atoms with Gasteiger partial charge in [0.25, 0.3) is 0 Å². The van der Waals surface area contributed by atoms with Crippen molar-refractivity contribution in [1.82, 2.24) is 10.2 Å². The maximum atomic E-state index is 13.7. The number of benzene rings is 2. The third-order valence-corrected chi connectivity index (χ3v) is 4.32. The molecule has 2 aromatic rings. The van der Waals surface area contributed by atoms with Crippen LogP contribution >= 0.6 is 0 Å². The number of hydrogen-bond acceptors (Lipinski definition) is 3. The first-order valence-corrected chi connectivity index (χ1v) is 8.28. The summed E-state index contributed by atoms with van der Waals surface area (Å²) in [5, 5.41) is 2.81. The minimum absolute atomic E-state index is 0.0892. The normalized spacial score (nSPS) is 18.7. The second-order valence-electron chi connectivity index (χ2n) is 6.08. The molecule has 3 rings (SSSR count). The molecule has 0 aliphatic carbocycles. The van der Waals surface area contributed by atoms with Gasteiger partial charge in [-0.05, 0) is 11.1 Å². The van der Waals surface area contributed by atoms with Gasteiger partial charge >= 0.3 is 12.3 Å². The molecule has 1 N–H and O–H groups in total. The lowest BCUT2D eigenvalue weighted by molar-refractivity contribution is -0.177. The van der Waals surface area contributed by atoms with Crippen LogP contribution in [0.25, 0.3) is 0 Å². The summed E-state index contributed by atoms with van der Waals surface area (Å²) in [6.45, 7) is -0.211. The highest BCUT2D eigenvalue weighted by atomic mass is 19.4. The van der Waals surface area contributed by atoms with E-state index in [4.69, 9.17) is 4.74 Å². The number of carbonyl (C=O) groups is 1. The first-order chi connectivity index (χ1) is 12.5. The minimum Gasteiger partial charge on any atom is -0.447 e. The third kappa shape index (κ3) is 4.16. The van der Waals surface area contributed by atoms with Crippen molar-refractivity contribution in [1.29, 1.82) is 0 Å². The Morgan fingerprint density at radius 3 is 2.31 bits per heavy atom. The van der Waals surface area contributed by atoms with Crippen LogP contribution in [0, 0.1) is 0 Å². The van der Waals surface area contributed by atoms with Crippen LogP contribution in [0.1, 0.15) is 17.2 Å². The second-order valence-corrected chi connectivity index (χ2v) is 6.08. The molecule has 0 spiro atoms. The number of amides is 1. The van der Waals surface area contributed by atoms with E-state index in [2.05, 4.69) is 5.32 Å². The highest BCUT2D eigenvalue weighted by Crippen LogP contribution is 2.35. The molecule has 4 nitrogen and oxygen atoms in total. The number of rotatable bonds is 6. The third-order valence-electron chi connectivity index (χ3n) is 4.32. The molecular formula is C19H19F3N2O2. The van der Waals surface area contributed by atoms with E-state index in [0.717, 1.165) is 10.5 Å². The van der Waals surface area contributed by atoms with Crippen LogP contribution in [-0.4, -0.2) is 36.4 Å². The first kappa shape index (κ1) is 18.3. The van der Waals surface area contributed by atoms with Crippen LogP contribution in [-0.2, 0) is 11.3 Å². The quantitative estimate of drug-likeness (QED) is 0.845. The zero-order valence-electron chi connectivity index (χ0n) is 13.9. The summed E-state index contributed by atoms with van der Waals surface area (Å²) in [4.78, 5) is 12.9. The summed E-state index contributed by atoms with van der Waals surface area (Å²) in [6.07, 6.45) is -5.51. The standard InChI is InChI=1S/C19H19F3N2O2/c20-19(21,22)17(12-23-11-14-7-3-1-4-8-14)24-16(13-26-18(24)25)15-9-5-2-6-10-15/h1-10,16-17,23H,11-13H2/t16-,17-/m1/s1. The second kappa shape index (κ2) is 7.78. The molecule has 1 saturated heterocycles. The van der Waals surface area contributed by atoms with Crippen LogP contribution in [0.5, 0.6) is 0 Å². The van der Waals surface area contributed by atoms with E-state index in [1.165, 1.54) is 0 Å². The molecule has 26 heavy (non-hydrogen) atoms. The average molecular weight is 364 g/mol. The lowest BCUT2D eigenvalue weighted by atomic mass is 10.0. The number of cyclic esters (lactones) is 1. The molecule has 7 heteroatoms. The summed E-state index contributed by atoms with van der Waals surface area (Å²) in [5.74, 6) is 0. The van der Waals surface area contributed by atoms with Crippen LogP contribution in [0.4, 0.5) is 18.0 Å². The van der Waals surface area contributed by atoms with E-state index in [-0.39, 0.29) is 13.2 Å².